The first-order chi connectivity index (χ1) is 6.95. The molecule has 6 heteroatoms. The number of hydrogen-bond donors (Lipinski definition) is 1. The third-order valence-corrected chi connectivity index (χ3v) is 2.84. The van der Waals surface area contributed by atoms with Gasteiger partial charge in [0.2, 0.25) is 0 Å². The maximum Gasteiger partial charge on any atom is 0.435 e. The van der Waals surface area contributed by atoms with Gasteiger partial charge in [0.05, 0.1) is 0 Å². The van der Waals surface area contributed by atoms with Crippen LogP contribution in [0, 0.1) is 0 Å². The van der Waals surface area contributed by atoms with Crippen molar-refractivity contribution >= 4 is 0 Å². The maximum atomic E-state index is 12.7. The number of nitrogens with zero attached hydrogens (tertiary/aromatic N) is 2. The first-order valence-corrected chi connectivity index (χ1v) is 4.75. The van der Waals surface area contributed by atoms with Crippen LogP contribution >= 0.6 is 0 Å². The van der Waals surface area contributed by atoms with E-state index >= 15 is 0 Å². The number of halogens is 3. The lowest BCUT2D eigenvalue weighted by Crippen LogP contribution is -2.18. The molecule has 0 aromatic carbocycles. The molecule has 1 atom stereocenters. The molecule has 1 aliphatic rings. The smallest absolute Gasteiger partial charge is 0.313 e. The highest BCUT2D eigenvalue weighted by atomic mass is 19.4. The SMILES string of the molecule is CNC1CCc2c1c(C(F)(F)F)nn2C. The van der Waals surface area contributed by atoms with Crippen LogP contribution in [0.15, 0.2) is 0 Å². The normalized spacial score (nSPS) is 20.7. The van der Waals surface area contributed by atoms with E-state index in [0.29, 0.717) is 24.1 Å². The Kier molecular flexibility index (Phi) is 2.26. The van der Waals surface area contributed by atoms with Gasteiger partial charge in [0.1, 0.15) is 0 Å². The highest BCUT2D eigenvalue weighted by Crippen LogP contribution is 2.40. The number of hydrogen-bond acceptors (Lipinski definition) is 2. The summed E-state index contributed by atoms with van der Waals surface area (Å²) in [6.07, 6.45) is -2.99. The van der Waals surface area contributed by atoms with Crippen LogP contribution in [0.2, 0.25) is 0 Å². The molecule has 15 heavy (non-hydrogen) atoms. The second-order valence-corrected chi connectivity index (χ2v) is 3.71. The Labute approximate surface area is 85.3 Å². The fourth-order valence-corrected chi connectivity index (χ4v) is 2.16. The summed E-state index contributed by atoms with van der Waals surface area (Å²) in [5, 5.41) is 6.45. The number of rotatable bonds is 1. The van der Waals surface area contributed by atoms with Crippen molar-refractivity contribution in [1.82, 2.24) is 15.1 Å². The minimum absolute atomic E-state index is 0.217. The molecule has 1 N–H and O–H groups in total. The van der Waals surface area contributed by atoms with Crippen LogP contribution in [-0.4, -0.2) is 16.8 Å². The fourth-order valence-electron chi connectivity index (χ4n) is 2.16. The predicted octanol–water partition coefficient (Wildman–Crippen LogP) is 1.65. The standard InChI is InChI=1S/C9H12F3N3/c1-13-5-3-4-6-7(5)8(9(10,11)12)14-15(6)2/h5,13H,3-4H2,1-2H3. The molecule has 0 bridgehead atoms. The molecule has 1 heterocycles. The fraction of sp³-hybridized carbons (Fsp3) is 0.667. The minimum atomic E-state index is -4.36. The van der Waals surface area contributed by atoms with Gasteiger partial charge in [-0.05, 0) is 19.9 Å². The summed E-state index contributed by atoms with van der Waals surface area (Å²) in [7, 11) is 3.24. The summed E-state index contributed by atoms with van der Waals surface area (Å²) in [4.78, 5) is 0. The van der Waals surface area contributed by atoms with E-state index in [1.807, 2.05) is 0 Å². The first-order valence-electron chi connectivity index (χ1n) is 4.75. The van der Waals surface area contributed by atoms with Gasteiger partial charge in [-0.15, -0.1) is 0 Å². The van der Waals surface area contributed by atoms with Crippen molar-refractivity contribution in [2.24, 2.45) is 7.05 Å². The number of nitrogens with one attached hydrogen (secondary N) is 1. The third-order valence-electron chi connectivity index (χ3n) is 2.84. The zero-order valence-electron chi connectivity index (χ0n) is 8.52. The highest BCUT2D eigenvalue weighted by molar-refractivity contribution is 5.35. The van der Waals surface area contributed by atoms with E-state index in [0.717, 1.165) is 0 Å². The number of fused-ring (bicyclic) bond motifs is 1. The lowest BCUT2D eigenvalue weighted by atomic mass is 10.1. The second kappa shape index (κ2) is 3.23. The van der Waals surface area contributed by atoms with Gasteiger partial charge in [0.25, 0.3) is 0 Å². The Morgan fingerprint density at radius 2 is 2.13 bits per heavy atom. The molecular weight excluding hydrogens is 207 g/mol. The zero-order chi connectivity index (χ0) is 11.2. The first kappa shape index (κ1) is 10.5. The van der Waals surface area contributed by atoms with Crippen LogP contribution in [-0.2, 0) is 19.6 Å². The van der Waals surface area contributed by atoms with Crippen LogP contribution in [0.5, 0.6) is 0 Å². The lowest BCUT2D eigenvalue weighted by Gasteiger charge is -2.11. The summed E-state index contributed by atoms with van der Waals surface area (Å²) >= 11 is 0. The van der Waals surface area contributed by atoms with Crippen molar-refractivity contribution in [3.05, 3.63) is 17.0 Å². The average molecular weight is 219 g/mol. The van der Waals surface area contributed by atoms with Gasteiger partial charge in [-0.1, -0.05) is 0 Å². The zero-order valence-corrected chi connectivity index (χ0v) is 8.52. The average Bonchev–Trinajstić information content (AvgIpc) is 2.65. The Bertz CT molecular complexity index is 381. The Morgan fingerprint density at radius 1 is 1.47 bits per heavy atom. The van der Waals surface area contributed by atoms with Gasteiger partial charge in [-0.3, -0.25) is 4.68 Å². The van der Waals surface area contributed by atoms with Crippen molar-refractivity contribution in [3.8, 4) is 0 Å². The Hall–Kier alpha value is -1.04. The van der Waals surface area contributed by atoms with E-state index in [1.54, 1.807) is 14.1 Å². The summed E-state index contributed by atoms with van der Waals surface area (Å²) in [6, 6.07) is -0.217. The van der Waals surface area contributed by atoms with E-state index in [-0.39, 0.29) is 6.04 Å². The molecule has 84 valence electrons. The van der Waals surface area contributed by atoms with E-state index < -0.39 is 11.9 Å². The van der Waals surface area contributed by atoms with Gasteiger partial charge < -0.3 is 5.32 Å². The van der Waals surface area contributed by atoms with Gasteiger partial charge in [-0.2, -0.15) is 18.3 Å². The molecule has 0 saturated carbocycles. The van der Waals surface area contributed by atoms with E-state index in [1.165, 1.54) is 4.68 Å². The highest BCUT2D eigenvalue weighted by Gasteiger charge is 2.42. The van der Waals surface area contributed by atoms with Crippen molar-refractivity contribution in [2.45, 2.75) is 25.1 Å². The maximum absolute atomic E-state index is 12.7. The molecule has 1 unspecified atom stereocenters. The number of aromatic nitrogens is 2. The second-order valence-electron chi connectivity index (χ2n) is 3.71. The van der Waals surface area contributed by atoms with E-state index in [9.17, 15) is 13.2 Å². The van der Waals surface area contributed by atoms with Crippen molar-refractivity contribution < 1.29 is 13.2 Å². The summed E-state index contributed by atoms with van der Waals surface area (Å²) in [5.41, 5.74) is 0.283. The van der Waals surface area contributed by atoms with Crippen LogP contribution in [0.4, 0.5) is 13.2 Å². The van der Waals surface area contributed by atoms with Crippen molar-refractivity contribution in [1.29, 1.82) is 0 Å². The molecule has 0 fully saturated rings. The van der Waals surface area contributed by atoms with E-state index in [4.69, 9.17) is 0 Å². The quantitative estimate of drug-likeness (QED) is 0.778. The molecule has 0 amide bonds. The predicted molar refractivity (Wildman–Crippen MR) is 48.3 cm³/mol. The summed E-state index contributed by atoms with van der Waals surface area (Å²) < 4.78 is 39.3. The summed E-state index contributed by atoms with van der Waals surface area (Å²) in [5.74, 6) is 0. The van der Waals surface area contributed by atoms with Crippen LogP contribution in [0.3, 0.4) is 0 Å². The van der Waals surface area contributed by atoms with Gasteiger partial charge in [-0.25, -0.2) is 0 Å². The summed E-state index contributed by atoms with van der Waals surface area (Å²) in [6.45, 7) is 0. The van der Waals surface area contributed by atoms with Crippen molar-refractivity contribution in [3.63, 3.8) is 0 Å². The van der Waals surface area contributed by atoms with E-state index in [2.05, 4.69) is 10.4 Å². The molecular formula is C9H12F3N3. The topological polar surface area (TPSA) is 29.9 Å². The Morgan fingerprint density at radius 3 is 2.67 bits per heavy atom. The molecule has 1 aromatic rings. The lowest BCUT2D eigenvalue weighted by molar-refractivity contribution is -0.142. The van der Waals surface area contributed by atoms with Gasteiger partial charge in [0, 0.05) is 24.3 Å². The Balaban J connectivity index is 2.54. The van der Waals surface area contributed by atoms with Crippen LogP contribution in [0.25, 0.3) is 0 Å². The molecule has 0 radical (unpaired) electrons. The largest absolute Gasteiger partial charge is 0.435 e. The molecule has 0 spiro atoms. The molecule has 2 rings (SSSR count). The van der Waals surface area contributed by atoms with Crippen molar-refractivity contribution in [2.75, 3.05) is 7.05 Å². The molecule has 0 saturated heterocycles. The minimum Gasteiger partial charge on any atom is -0.313 e. The number of aryl methyl sites for hydroxylation is 1. The molecule has 1 aromatic heterocycles. The monoisotopic (exact) mass is 219 g/mol. The molecule has 0 aliphatic heterocycles. The van der Waals surface area contributed by atoms with Gasteiger partial charge >= 0.3 is 6.18 Å². The van der Waals surface area contributed by atoms with Crippen LogP contribution < -0.4 is 5.32 Å². The van der Waals surface area contributed by atoms with Crippen LogP contribution in [0.1, 0.15) is 29.4 Å². The third kappa shape index (κ3) is 1.52. The molecule has 3 nitrogen and oxygen atoms in total. The van der Waals surface area contributed by atoms with Gasteiger partial charge in [0.15, 0.2) is 5.69 Å². The number of alkyl halides is 3. The molecule has 1 aliphatic carbocycles.